The summed E-state index contributed by atoms with van der Waals surface area (Å²) in [4.78, 5) is 14.7. The summed E-state index contributed by atoms with van der Waals surface area (Å²) in [6, 6.07) is 16.9. The maximum Gasteiger partial charge on any atom is 0.255 e. The molecule has 1 aliphatic heterocycles. The molecule has 0 aliphatic carbocycles. The van der Waals surface area contributed by atoms with Crippen LogP contribution in [0.15, 0.2) is 60.7 Å². The van der Waals surface area contributed by atoms with Gasteiger partial charge in [-0.2, -0.15) is 0 Å². The molecule has 0 bridgehead atoms. The van der Waals surface area contributed by atoms with Crippen LogP contribution < -0.4 is 19.7 Å². The molecule has 172 valence electrons. The van der Waals surface area contributed by atoms with Gasteiger partial charge in [0.25, 0.3) is 5.91 Å². The van der Waals surface area contributed by atoms with E-state index in [2.05, 4.69) is 5.32 Å². The number of benzene rings is 3. The third kappa shape index (κ3) is 5.56. The van der Waals surface area contributed by atoms with Crippen molar-refractivity contribution in [2.45, 2.75) is 6.61 Å². The Morgan fingerprint density at radius 1 is 1.09 bits per heavy atom. The van der Waals surface area contributed by atoms with Crippen molar-refractivity contribution in [3.63, 3.8) is 0 Å². The van der Waals surface area contributed by atoms with E-state index in [1.54, 1.807) is 36.4 Å². The monoisotopic (exact) mass is 470 g/mol. The highest BCUT2D eigenvalue weighted by Crippen LogP contribution is 2.30. The molecule has 0 radical (unpaired) electrons. The van der Waals surface area contributed by atoms with Gasteiger partial charge in [0.2, 0.25) is 0 Å². The molecule has 8 heteroatoms. The van der Waals surface area contributed by atoms with Gasteiger partial charge in [-0.25, -0.2) is 4.39 Å². The molecule has 0 atom stereocenters. The van der Waals surface area contributed by atoms with Crippen LogP contribution in [0, 0.1) is 5.82 Å². The smallest absolute Gasteiger partial charge is 0.255 e. The van der Waals surface area contributed by atoms with Crippen molar-refractivity contribution in [1.29, 1.82) is 0 Å². The summed E-state index contributed by atoms with van der Waals surface area (Å²) in [5.41, 5.74) is 2.06. The van der Waals surface area contributed by atoms with Gasteiger partial charge < -0.3 is 24.4 Å². The Morgan fingerprint density at radius 2 is 1.88 bits per heavy atom. The van der Waals surface area contributed by atoms with Crippen molar-refractivity contribution in [3.8, 4) is 11.5 Å². The standard InChI is InChI=1S/C25H24ClFN2O4/c1-31-24-14-17(6-9-23(24)33-16-18-4-2-3-5-20(18)26)25(30)28-19-7-8-22(21(27)15-19)29-10-12-32-13-11-29/h2-9,14-15H,10-13,16H2,1H3,(H,28,30). The number of hydrogen-bond donors (Lipinski definition) is 1. The summed E-state index contributed by atoms with van der Waals surface area (Å²) in [5.74, 6) is 0.110. The number of amides is 1. The van der Waals surface area contributed by atoms with Crippen LogP contribution in [0.1, 0.15) is 15.9 Å². The number of anilines is 2. The summed E-state index contributed by atoms with van der Waals surface area (Å²) in [6.07, 6.45) is 0. The van der Waals surface area contributed by atoms with E-state index in [4.69, 9.17) is 25.8 Å². The molecule has 3 aromatic carbocycles. The zero-order chi connectivity index (χ0) is 23.2. The average Bonchev–Trinajstić information content (AvgIpc) is 2.84. The molecule has 6 nitrogen and oxygen atoms in total. The Labute approximate surface area is 196 Å². The lowest BCUT2D eigenvalue weighted by atomic mass is 10.1. The van der Waals surface area contributed by atoms with Crippen LogP contribution in [0.25, 0.3) is 0 Å². The molecule has 33 heavy (non-hydrogen) atoms. The Kier molecular flexibility index (Phi) is 7.32. The van der Waals surface area contributed by atoms with E-state index in [9.17, 15) is 9.18 Å². The minimum absolute atomic E-state index is 0.260. The van der Waals surface area contributed by atoms with Crippen LogP contribution >= 0.6 is 11.6 Å². The van der Waals surface area contributed by atoms with E-state index < -0.39 is 5.82 Å². The summed E-state index contributed by atoms with van der Waals surface area (Å²) in [7, 11) is 1.50. The Morgan fingerprint density at radius 3 is 2.61 bits per heavy atom. The first-order chi connectivity index (χ1) is 16.0. The zero-order valence-electron chi connectivity index (χ0n) is 18.1. The lowest BCUT2D eigenvalue weighted by Gasteiger charge is -2.29. The van der Waals surface area contributed by atoms with Crippen LogP contribution in [-0.2, 0) is 11.3 Å². The van der Waals surface area contributed by atoms with Gasteiger partial charge in [0, 0.05) is 34.9 Å². The van der Waals surface area contributed by atoms with Gasteiger partial charge in [0.05, 0.1) is 26.0 Å². The Bertz CT molecular complexity index is 1140. The molecule has 0 spiro atoms. The Hall–Kier alpha value is -3.29. The number of halogens is 2. The lowest BCUT2D eigenvalue weighted by molar-refractivity contribution is 0.102. The van der Waals surface area contributed by atoms with E-state index >= 15 is 0 Å². The number of carbonyl (C=O) groups is 1. The van der Waals surface area contributed by atoms with Gasteiger partial charge in [-0.3, -0.25) is 4.79 Å². The van der Waals surface area contributed by atoms with Crippen molar-refractivity contribution in [3.05, 3.63) is 82.6 Å². The highest BCUT2D eigenvalue weighted by Gasteiger charge is 2.17. The van der Waals surface area contributed by atoms with Crippen molar-refractivity contribution >= 4 is 28.9 Å². The largest absolute Gasteiger partial charge is 0.493 e. The van der Waals surface area contributed by atoms with Crippen LogP contribution in [0.5, 0.6) is 11.5 Å². The second kappa shape index (κ2) is 10.6. The minimum atomic E-state index is -0.393. The number of nitrogens with one attached hydrogen (secondary N) is 1. The molecule has 1 N–H and O–H groups in total. The summed E-state index contributed by atoms with van der Waals surface area (Å²) < 4.78 is 31.2. The van der Waals surface area contributed by atoms with Crippen LogP contribution in [0.4, 0.5) is 15.8 Å². The average molecular weight is 471 g/mol. The van der Waals surface area contributed by atoms with Gasteiger partial charge >= 0.3 is 0 Å². The molecular weight excluding hydrogens is 447 g/mol. The normalized spacial score (nSPS) is 13.5. The fourth-order valence-electron chi connectivity index (χ4n) is 3.55. The predicted molar refractivity (Wildman–Crippen MR) is 126 cm³/mol. The topological polar surface area (TPSA) is 60.0 Å². The first kappa shape index (κ1) is 22.9. The van der Waals surface area contributed by atoms with E-state index in [-0.39, 0.29) is 12.5 Å². The maximum absolute atomic E-state index is 14.6. The number of rotatable bonds is 7. The van der Waals surface area contributed by atoms with Crippen molar-refractivity contribution in [2.75, 3.05) is 43.6 Å². The first-order valence-electron chi connectivity index (χ1n) is 10.5. The highest BCUT2D eigenvalue weighted by molar-refractivity contribution is 6.31. The van der Waals surface area contributed by atoms with Crippen molar-refractivity contribution in [1.82, 2.24) is 0 Å². The molecule has 0 saturated carbocycles. The summed E-state index contributed by atoms with van der Waals surface area (Å²) >= 11 is 6.17. The van der Waals surface area contributed by atoms with E-state index in [0.29, 0.717) is 59.8 Å². The first-order valence-corrected chi connectivity index (χ1v) is 10.9. The second-order valence-corrected chi connectivity index (χ2v) is 7.87. The van der Waals surface area contributed by atoms with Crippen LogP contribution in [0.3, 0.4) is 0 Å². The van der Waals surface area contributed by atoms with Crippen molar-refractivity contribution in [2.24, 2.45) is 0 Å². The molecule has 4 rings (SSSR count). The quantitative estimate of drug-likeness (QED) is 0.517. The number of ether oxygens (including phenoxy) is 3. The summed E-state index contributed by atoms with van der Waals surface area (Å²) in [6.45, 7) is 2.66. The van der Waals surface area contributed by atoms with E-state index in [1.807, 2.05) is 23.1 Å². The maximum atomic E-state index is 14.6. The Balaban J connectivity index is 1.43. The van der Waals surface area contributed by atoms with Gasteiger partial charge in [0.1, 0.15) is 12.4 Å². The number of hydrogen-bond acceptors (Lipinski definition) is 5. The molecular formula is C25H24ClFN2O4. The SMILES string of the molecule is COc1cc(C(=O)Nc2ccc(N3CCOCC3)c(F)c2)ccc1OCc1ccccc1Cl. The van der Waals surface area contributed by atoms with Crippen LogP contribution in [0.2, 0.25) is 5.02 Å². The van der Waals surface area contributed by atoms with Gasteiger partial charge in [0.15, 0.2) is 11.5 Å². The van der Waals surface area contributed by atoms with Crippen molar-refractivity contribution < 1.29 is 23.4 Å². The number of morpholine rings is 1. The molecule has 1 aliphatic rings. The molecule has 3 aromatic rings. The predicted octanol–water partition coefficient (Wildman–Crippen LogP) is 5.16. The highest BCUT2D eigenvalue weighted by atomic mass is 35.5. The van der Waals surface area contributed by atoms with E-state index in [1.165, 1.54) is 13.2 Å². The fourth-order valence-corrected chi connectivity index (χ4v) is 3.74. The molecule has 1 amide bonds. The summed E-state index contributed by atoms with van der Waals surface area (Å²) in [5, 5.41) is 3.34. The molecule has 0 unspecified atom stereocenters. The molecule has 1 fully saturated rings. The van der Waals surface area contributed by atoms with Gasteiger partial charge in [-0.15, -0.1) is 0 Å². The fraction of sp³-hybridized carbons (Fsp3) is 0.240. The second-order valence-electron chi connectivity index (χ2n) is 7.47. The number of carbonyl (C=O) groups excluding carboxylic acids is 1. The number of methoxy groups -OCH3 is 1. The number of nitrogens with zero attached hydrogens (tertiary/aromatic N) is 1. The lowest BCUT2D eigenvalue weighted by Crippen LogP contribution is -2.36. The van der Waals surface area contributed by atoms with Gasteiger partial charge in [-0.1, -0.05) is 29.8 Å². The molecule has 0 aromatic heterocycles. The molecule has 1 heterocycles. The van der Waals surface area contributed by atoms with Gasteiger partial charge in [-0.05, 0) is 42.5 Å². The third-order valence-electron chi connectivity index (χ3n) is 5.32. The third-order valence-corrected chi connectivity index (χ3v) is 5.69. The van der Waals surface area contributed by atoms with E-state index in [0.717, 1.165) is 5.56 Å². The van der Waals surface area contributed by atoms with Crippen LogP contribution in [-0.4, -0.2) is 39.3 Å². The molecule has 1 saturated heterocycles. The zero-order valence-corrected chi connectivity index (χ0v) is 18.9. The minimum Gasteiger partial charge on any atom is -0.493 e.